The van der Waals surface area contributed by atoms with E-state index in [1.54, 1.807) is 18.2 Å². The molecule has 2 aliphatic heterocycles. The monoisotopic (exact) mass is 335 g/mol. The number of halogens is 1. The van der Waals surface area contributed by atoms with Gasteiger partial charge in [-0.1, -0.05) is 12.1 Å². The molecule has 2 heterocycles. The summed E-state index contributed by atoms with van der Waals surface area (Å²) in [4.78, 5) is 18.5. The van der Waals surface area contributed by atoms with E-state index >= 15 is 0 Å². The lowest BCUT2D eigenvalue weighted by Crippen LogP contribution is -2.47. The van der Waals surface area contributed by atoms with E-state index in [0.717, 1.165) is 52.1 Å². The summed E-state index contributed by atoms with van der Waals surface area (Å²) in [6.45, 7) is 7.72. The number of carbonyl (C=O) groups is 1. The highest BCUT2D eigenvalue weighted by Crippen LogP contribution is 2.21. The molecule has 0 radical (unpaired) electrons. The minimum atomic E-state index is -0.316. The number of nitrogens with zero attached hydrogens (tertiary/aromatic N) is 3. The average Bonchev–Trinajstić information content (AvgIpc) is 2.98. The van der Waals surface area contributed by atoms with E-state index in [2.05, 4.69) is 4.90 Å². The number of piperidine rings is 1. The van der Waals surface area contributed by atoms with Gasteiger partial charge < -0.3 is 14.5 Å². The normalized spacial score (nSPS) is 20.0. The third-order valence-corrected chi connectivity index (χ3v) is 5.01. The van der Waals surface area contributed by atoms with Crippen LogP contribution in [0.3, 0.4) is 0 Å². The average molecular weight is 335 g/mol. The van der Waals surface area contributed by atoms with Crippen LogP contribution in [0.15, 0.2) is 24.3 Å². The van der Waals surface area contributed by atoms with Gasteiger partial charge in [0, 0.05) is 45.3 Å². The first-order valence-electron chi connectivity index (χ1n) is 8.84. The number of hydrogen-bond donors (Lipinski definition) is 0. The summed E-state index contributed by atoms with van der Waals surface area (Å²) in [5.41, 5.74) is 0. The Labute approximate surface area is 143 Å². The van der Waals surface area contributed by atoms with Crippen molar-refractivity contribution in [3.05, 3.63) is 30.1 Å². The zero-order valence-electron chi connectivity index (χ0n) is 14.3. The summed E-state index contributed by atoms with van der Waals surface area (Å²) in [5.74, 6) is -0.000983. The van der Waals surface area contributed by atoms with Gasteiger partial charge in [-0.3, -0.25) is 4.90 Å². The molecule has 1 aromatic carbocycles. The first kappa shape index (κ1) is 17.0. The Morgan fingerprint density at radius 2 is 1.92 bits per heavy atom. The zero-order chi connectivity index (χ0) is 16.9. The molecule has 24 heavy (non-hydrogen) atoms. The summed E-state index contributed by atoms with van der Waals surface area (Å²) < 4.78 is 19.0. The highest BCUT2D eigenvalue weighted by atomic mass is 19.1. The number of rotatable bonds is 6. The summed E-state index contributed by atoms with van der Waals surface area (Å²) >= 11 is 0. The van der Waals surface area contributed by atoms with Crippen LogP contribution in [0.1, 0.15) is 19.8 Å². The lowest BCUT2D eigenvalue weighted by atomic mass is 10.0. The van der Waals surface area contributed by atoms with Crippen LogP contribution in [-0.2, 0) is 0 Å². The van der Waals surface area contributed by atoms with E-state index in [0.29, 0.717) is 18.4 Å². The second-order valence-corrected chi connectivity index (χ2v) is 6.41. The number of likely N-dealkylation sites (tertiary alicyclic amines) is 1. The maximum absolute atomic E-state index is 13.5. The number of para-hydroxylation sites is 1. The molecule has 5 nitrogen and oxygen atoms in total. The molecule has 0 saturated carbocycles. The molecule has 132 valence electrons. The van der Waals surface area contributed by atoms with Gasteiger partial charge in [-0.05, 0) is 31.9 Å². The van der Waals surface area contributed by atoms with Crippen LogP contribution in [0.4, 0.5) is 9.18 Å². The molecule has 0 aliphatic carbocycles. The van der Waals surface area contributed by atoms with E-state index in [4.69, 9.17) is 4.74 Å². The molecular weight excluding hydrogens is 309 g/mol. The van der Waals surface area contributed by atoms with Crippen LogP contribution in [-0.4, -0.2) is 72.6 Å². The summed E-state index contributed by atoms with van der Waals surface area (Å²) in [6.07, 6.45) is 2.01. The van der Waals surface area contributed by atoms with Crippen molar-refractivity contribution < 1.29 is 13.9 Å². The van der Waals surface area contributed by atoms with Crippen LogP contribution in [0.5, 0.6) is 5.75 Å². The van der Waals surface area contributed by atoms with Crippen LogP contribution in [0.25, 0.3) is 0 Å². The van der Waals surface area contributed by atoms with Crippen molar-refractivity contribution in [2.45, 2.75) is 25.8 Å². The van der Waals surface area contributed by atoms with Crippen LogP contribution in [0.2, 0.25) is 0 Å². The van der Waals surface area contributed by atoms with E-state index in [9.17, 15) is 9.18 Å². The number of likely N-dealkylation sites (N-methyl/N-ethyl adjacent to an activating group) is 1. The van der Waals surface area contributed by atoms with E-state index in [-0.39, 0.29) is 11.8 Å². The maximum atomic E-state index is 13.5. The van der Waals surface area contributed by atoms with Crippen molar-refractivity contribution in [2.24, 2.45) is 0 Å². The number of amides is 2. The fourth-order valence-electron chi connectivity index (χ4n) is 3.53. The summed E-state index contributed by atoms with van der Waals surface area (Å²) in [7, 11) is 0. The van der Waals surface area contributed by atoms with Crippen molar-refractivity contribution in [3.63, 3.8) is 0 Å². The highest BCUT2D eigenvalue weighted by molar-refractivity contribution is 5.76. The Kier molecular flexibility index (Phi) is 5.56. The Balaban J connectivity index is 1.40. The Morgan fingerprint density at radius 3 is 2.58 bits per heavy atom. The van der Waals surface area contributed by atoms with Gasteiger partial charge in [0.05, 0.1) is 0 Å². The van der Waals surface area contributed by atoms with Gasteiger partial charge in [0.2, 0.25) is 0 Å². The number of hydrogen-bond acceptors (Lipinski definition) is 3. The molecule has 2 saturated heterocycles. The smallest absolute Gasteiger partial charge is 0.320 e. The second kappa shape index (κ2) is 7.83. The molecule has 0 aromatic heterocycles. The molecule has 2 amide bonds. The third kappa shape index (κ3) is 3.80. The van der Waals surface area contributed by atoms with Crippen molar-refractivity contribution >= 4 is 6.03 Å². The lowest BCUT2D eigenvalue weighted by molar-refractivity contribution is 0.118. The van der Waals surface area contributed by atoms with Gasteiger partial charge in [-0.2, -0.15) is 0 Å². The molecular formula is C18H26FN3O2. The van der Waals surface area contributed by atoms with Crippen LogP contribution in [0, 0.1) is 5.82 Å². The van der Waals surface area contributed by atoms with Crippen molar-refractivity contribution in [3.8, 4) is 5.75 Å². The molecule has 3 rings (SSSR count). The third-order valence-electron chi connectivity index (χ3n) is 5.01. The number of ether oxygens (including phenoxy) is 1. The Morgan fingerprint density at radius 1 is 1.17 bits per heavy atom. The minimum absolute atomic E-state index is 0.193. The zero-order valence-corrected chi connectivity index (χ0v) is 14.3. The van der Waals surface area contributed by atoms with E-state index < -0.39 is 0 Å². The molecule has 0 N–H and O–H groups in total. The maximum Gasteiger partial charge on any atom is 0.320 e. The molecule has 6 heteroatoms. The summed E-state index contributed by atoms with van der Waals surface area (Å²) in [6, 6.07) is 7.05. The first-order chi connectivity index (χ1) is 11.7. The van der Waals surface area contributed by atoms with Gasteiger partial charge in [0.15, 0.2) is 11.6 Å². The molecule has 1 aromatic rings. The number of carbonyl (C=O) groups excluding carboxylic acids is 1. The predicted molar refractivity (Wildman–Crippen MR) is 90.7 cm³/mol. The molecule has 2 aliphatic rings. The topological polar surface area (TPSA) is 36.0 Å². The van der Waals surface area contributed by atoms with Crippen molar-refractivity contribution in [2.75, 3.05) is 45.9 Å². The predicted octanol–water partition coefficient (Wildman–Crippen LogP) is 2.43. The molecule has 2 fully saturated rings. The quantitative estimate of drug-likeness (QED) is 0.801. The van der Waals surface area contributed by atoms with Gasteiger partial charge in [0.1, 0.15) is 6.61 Å². The Hall–Kier alpha value is -1.82. The largest absolute Gasteiger partial charge is 0.489 e. The van der Waals surface area contributed by atoms with Gasteiger partial charge in [-0.25, -0.2) is 9.18 Å². The SMILES string of the molecule is CCN1CCN(C2CCN(CCOc3ccccc3F)CC2)C1=O. The lowest BCUT2D eigenvalue weighted by Gasteiger charge is -2.36. The standard InChI is InChI=1S/C18H26FN3O2/c1-2-21-11-12-22(18(21)23)15-7-9-20(10-8-15)13-14-24-17-6-4-3-5-16(17)19/h3-6,15H,2,7-14H2,1H3. The fraction of sp³-hybridized carbons (Fsp3) is 0.611. The number of benzene rings is 1. The van der Waals surface area contributed by atoms with E-state index in [1.165, 1.54) is 6.07 Å². The molecule has 0 spiro atoms. The van der Waals surface area contributed by atoms with Crippen LogP contribution >= 0.6 is 0 Å². The molecule has 0 unspecified atom stereocenters. The number of urea groups is 1. The first-order valence-corrected chi connectivity index (χ1v) is 8.84. The van der Waals surface area contributed by atoms with Crippen LogP contribution < -0.4 is 4.74 Å². The molecule has 0 bridgehead atoms. The molecule has 0 atom stereocenters. The second-order valence-electron chi connectivity index (χ2n) is 6.41. The summed E-state index contributed by atoms with van der Waals surface area (Å²) in [5, 5.41) is 0. The Bertz CT molecular complexity index is 561. The van der Waals surface area contributed by atoms with Gasteiger partial charge in [0.25, 0.3) is 0 Å². The van der Waals surface area contributed by atoms with Crippen molar-refractivity contribution in [1.82, 2.24) is 14.7 Å². The van der Waals surface area contributed by atoms with Gasteiger partial charge >= 0.3 is 6.03 Å². The van der Waals surface area contributed by atoms with E-state index in [1.807, 2.05) is 16.7 Å². The van der Waals surface area contributed by atoms with Crippen molar-refractivity contribution in [1.29, 1.82) is 0 Å². The fourth-order valence-corrected chi connectivity index (χ4v) is 3.53. The van der Waals surface area contributed by atoms with Gasteiger partial charge in [-0.15, -0.1) is 0 Å². The minimum Gasteiger partial charge on any atom is -0.489 e. The highest BCUT2D eigenvalue weighted by Gasteiger charge is 2.34.